The van der Waals surface area contributed by atoms with Crippen LogP contribution in [-0.4, -0.2) is 72.3 Å². The van der Waals surface area contributed by atoms with Crippen LogP contribution < -0.4 is 20.9 Å². The number of esters is 1. The van der Waals surface area contributed by atoms with Gasteiger partial charge in [-0.25, -0.2) is 10.1 Å². The second-order valence-electron chi connectivity index (χ2n) is 9.25. The summed E-state index contributed by atoms with van der Waals surface area (Å²) < 4.78 is 24.3. The number of nitrogens with one attached hydrogen (secondary N) is 2. The van der Waals surface area contributed by atoms with E-state index in [4.69, 9.17) is 42.5 Å². The van der Waals surface area contributed by atoms with Gasteiger partial charge in [0.1, 0.15) is 24.0 Å². The first-order valence-corrected chi connectivity index (χ1v) is 14.7. The second-order valence-corrected chi connectivity index (χ2v) is 12.4. The van der Waals surface area contributed by atoms with Crippen LogP contribution in [0.5, 0.6) is 5.75 Å². The van der Waals surface area contributed by atoms with Gasteiger partial charge in [0.05, 0.1) is 19.0 Å². The van der Waals surface area contributed by atoms with Crippen LogP contribution in [0.2, 0.25) is 0 Å². The lowest BCUT2D eigenvalue weighted by Gasteiger charge is -2.28. The number of carbonyl (C=O) groups excluding carboxylic acids is 1. The standard InChI is InChI=1S/C24H29N6O8PS/c1-5-24(34)18(31)16(37-22(24)30-12-26-17-19(30)27-23(25)28-20(17)32)11-35-39(40,38-15-9-7-6-8-10-15)29-14(4)21(33)36-13(2)3/h1,6-10,12-14,16,18,22,31,34H,11H2,2-4H3,(H,29,40)(H3,25,27,28,32)/t14-,16+,18+,22+,24+,39?/m0/s1. The van der Waals surface area contributed by atoms with Gasteiger partial charge in [-0.2, -0.15) is 4.98 Å². The summed E-state index contributed by atoms with van der Waals surface area (Å²) >= 11 is 5.68. The number of anilines is 1. The predicted octanol–water partition coefficient (Wildman–Crippen LogP) is 0.574. The Morgan fingerprint density at radius 3 is 2.75 bits per heavy atom. The van der Waals surface area contributed by atoms with Gasteiger partial charge in [-0.05, 0) is 44.7 Å². The van der Waals surface area contributed by atoms with Gasteiger partial charge in [0.25, 0.3) is 5.56 Å². The van der Waals surface area contributed by atoms with E-state index in [1.807, 2.05) is 0 Å². The molecule has 16 heteroatoms. The van der Waals surface area contributed by atoms with Crippen molar-refractivity contribution in [1.82, 2.24) is 24.6 Å². The molecule has 0 aliphatic carbocycles. The smallest absolute Gasteiger partial charge is 0.323 e. The SMILES string of the molecule is C#C[C@@]1(O)[C@H](O)[C@@H](COP(=S)(N[C@@H](C)C(=O)OC(C)C)Oc2ccccc2)O[C@H]1n1cnc2c(=O)[nH]c(N)nc21. The Kier molecular flexibility index (Phi) is 8.62. The molecule has 3 heterocycles. The van der Waals surface area contributed by atoms with Gasteiger partial charge in [-0.15, -0.1) is 6.42 Å². The number of H-pyrrole nitrogens is 1. The van der Waals surface area contributed by atoms with Crippen LogP contribution in [0.15, 0.2) is 41.5 Å². The van der Waals surface area contributed by atoms with Crippen LogP contribution >= 0.6 is 6.64 Å². The lowest BCUT2D eigenvalue weighted by atomic mass is 9.95. The molecular weight excluding hydrogens is 563 g/mol. The molecular formula is C24H29N6O8PS. The van der Waals surface area contributed by atoms with Gasteiger partial charge in [-0.1, -0.05) is 24.1 Å². The Hall–Kier alpha value is -3.35. The Morgan fingerprint density at radius 1 is 1.40 bits per heavy atom. The molecule has 0 saturated carbocycles. The second kappa shape index (κ2) is 11.6. The van der Waals surface area contributed by atoms with Crippen molar-refractivity contribution in [2.75, 3.05) is 12.3 Å². The monoisotopic (exact) mass is 592 g/mol. The number of nitrogen functional groups attached to an aromatic ring is 1. The fraction of sp³-hybridized carbons (Fsp3) is 0.417. The highest BCUT2D eigenvalue weighted by molar-refractivity contribution is 8.09. The molecule has 1 aliphatic heterocycles. The number of hydrogen-bond donors (Lipinski definition) is 5. The molecule has 0 amide bonds. The highest BCUT2D eigenvalue weighted by Crippen LogP contribution is 2.47. The first-order valence-electron chi connectivity index (χ1n) is 12.1. The van der Waals surface area contributed by atoms with Crippen LogP contribution in [0.3, 0.4) is 0 Å². The fourth-order valence-electron chi connectivity index (χ4n) is 3.96. The predicted molar refractivity (Wildman–Crippen MR) is 147 cm³/mol. The number of aromatic amines is 1. The molecule has 1 unspecified atom stereocenters. The molecule has 214 valence electrons. The van der Waals surface area contributed by atoms with Crippen molar-refractivity contribution in [3.63, 3.8) is 0 Å². The number of aliphatic hydroxyl groups is 2. The summed E-state index contributed by atoms with van der Waals surface area (Å²) in [6.07, 6.45) is 2.10. The number of nitrogens with two attached hydrogens (primary N) is 1. The highest BCUT2D eigenvalue weighted by Gasteiger charge is 2.56. The van der Waals surface area contributed by atoms with Gasteiger partial charge in [0, 0.05) is 0 Å². The van der Waals surface area contributed by atoms with Crippen molar-refractivity contribution < 1.29 is 33.5 Å². The van der Waals surface area contributed by atoms with Gasteiger partial charge in [0.15, 0.2) is 23.0 Å². The summed E-state index contributed by atoms with van der Waals surface area (Å²) in [6, 6.07) is 7.65. The number of terminal acetylenes is 1. The lowest BCUT2D eigenvalue weighted by molar-refractivity contribution is -0.149. The van der Waals surface area contributed by atoms with Crippen LogP contribution in [0.25, 0.3) is 11.2 Å². The van der Waals surface area contributed by atoms with Crippen molar-refractivity contribution in [2.24, 2.45) is 0 Å². The van der Waals surface area contributed by atoms with Gasteiger partial charge in [0.2, 0.25) is 5.95 Å². The summed E-state index contributed by atoms with van der Waals surface area (Å²) in [5.41, 5.74) is 2.67. The van der Waals surface area contributed by atoms with Crippen LogP contribution in [0.1, 0.15) is 27.0 Å². The molecule has 1 aliphatic rings. The van der Waals surface area contributed by atoms with Crippen LogP contribution in [0.4, 0.5) is 5.95 Å². The molecule has 0 spiro atoms. The molecule has 2 aromatic heterocycles. The fourth-order valence-corrected chi connectivity index (χ4v) is 6.38. The maximum absolute atomic E-state index is 12.5. The summed E-state index contributed by atoms with van der Waals surface area (Å²) in [6.45, 7) is 1.07. The summed E-state index contributed by atoms with van der Waals surface area (Å²) in [7, 11) is 0. The molecule has 40 heavy (non-hydrogen) atoms. The average Bonchev–Trinajstić information content (AvgIpc) is 3.42. The number of fused-ring (bicyclic) bond motifs is 1. The van der Waals surface area contributed by atoms with E-state index in [9.17, 15) is 19.8 Å². The minimum Gasteiger partial charge on any atom is -0.462 e. The van der Waals surface area contributed by atoms with E-state index >= 15 is 0 Å². The van der Waals surface area contributed by atoms with Crippen LogP contribution in [0, 0.1) is 12.3 Å². The first-order chi connectivity index (χ1) is 18.9. The number of aromatic nitrogens is 4. The quantitative estimate of drug-likeness (QED) is 0.125. The van der Waals surface area contributed by atoms with Crippen molar-refractivity contribution >= 4 is 41.5 Å². The zero-order valence-corrected chi connectivity index (χ0v) is 23.5. The number of carbonyl (C=O) groups is 1. The first kappa shape index (κ1) is 29.6. The molecule has 1 saturated heterocycles. The minimum atomic E-state index is -3.49. The maximum atomic E-state index is 12.5. The van der Waals surface area contributed by atoms with Gasteiger partial charge in [-0.3, -0.25) is 19.1 Å². The average molecular weight is 593 g/mol. The van der Waals surface area contributed by atoms with E-state index in [1.165, 1.54) is 10.9 Å². The normalized spacial score (nSPS) is 24.9. The highest BCUT2D eigenvalue weighted by atomic mass is 32.5. The van der Waals surface area contributed by atoms with E-state index in [0.29, 0.717) is 5.75 Å². The lowest BCUT2D eigenvalue weighted by Crippen LogP contribution is -2.46. The summed E-state index contributed by atoms with van der Waals surface area (Å²) in [5, 5.41) is 25.1. The summed E-state index contributed by atoms with van der Waals surface area (Å²) in [5.74, 6) is 1.76. The summed E-state index contributed by atoms with van der Waals surface area (Å²) in [4.78, 5) is 35.1. The number of aliphatic hydroxyl groups excluding tert-OH is 1. The van der Waals surface area contributed by atoms with E-state index in [2.05, 4.69) is 26.0 Å². The molecule has 6 N–H and O–H groups in total. The largest absolute Gasteiger partial charge is 0.462 e. The molecule has 0 radical (unpaired) electrons. The Bertz CT molecular complexity index is 1530. The molecule has 4 rings (SSSR count). The number of imidazole rings is 1. The molecule has 3 aromatic rings. The van der Waals surface area contributed by atoms with Crippen molar-refractivity contribution in [1.29, 1.82) is 0 Å². The third kappa shape index (κ3) is 6.03. The number of ether oxygens (including phenoxy) is 2. The number of benzene rings is 1. The zero-order chi connectivity index (χ0) is 29.2. The topological polar surface area (TPSA) is 196 Å². The molecule has 1 aromatic carbocycles. The number of nitrogens with zero attached hydrogens (tertiary/aromatic N) is 3. The van der Waals surface area contributed by atoms with Crippen molar-refractivity contribution in [2.45, 2.75) is 57.0 Å². The molecule has 1 fully saturated rings. The van der Waals surface area contributed by atoms with Crippen molar-refractivity contribution in [3.8, 4) is 18.1 Å². The Morgan fingerprint density at radius 2 is 2.10 bits per heavy atom. The van der Waals surface area contributed by atoms with Crippen LogP contribution in [-0.2, 0) is 30.6 Å². The number of para-hydroxylation sites is 1. The van der Waals surface area contributed by atoms with Crippen molar-refractivity contribution in [3.05, 3.63) is 47.0 Å². The molecule has 14 nitrogen and oxygen atoms in total. The van der Waals surface area contributed by atoms with E-state index < -0.39 is 54.9 Å². The maximum Gasteiger partial charge on any atom is 0.323 e. The molecule has 6 atom stereocenters. The number of rotatable bonds is 10. The number of hydrogen-bond acceptors (Lipinski definition) is 12. The van der Waals surface area contributed by atoms with E-state index in [0.717, 1.165) is 0 Å². The third-order valence-corrected chi connectivity index (χ3v) is 8.35. The minimum absolute atomic E-state index is 0.0228. The third-order valence-electron chi connectivity index (χ3n) is 5.85. The van der Waals surface area contributed by atoms with E-state index in [-0.39, 0.29) is 23.2 Å². The zero-order valence-electron chi connectivity index (χ0n) is 21.8. The van der Waals surface area contributed by atoms with Gasteiger partial charge < -0.3 is 34.5 Å². The molecule has 0 bridgehead atoms. The van der Waals surface area contributed by atoms with Gasteiger partial charge >= 0.3 is 12.6 Å². The Labute approximate surface area is 234 Å². The Balaban J connectivity index is 1.59. The van der Waals surface area contributed by atoms with E-state index in [1.54, 1.807) is 51.1 Å².